The molecule has 4 rings (SSSR count). The highest BCUT2D eigenvalue weighted by atomic mass is 32.2. The van der Waals surface area contributed by atoms with Crippen molar-refractivity contribution >= 4 is 17.7 Å². The molecule has 1 aromatic carbocycles. The highest BCUT2D eigenvalue weighted by Gasteiger charge is 2.38. The summed E-state index contributed by atoms with van der Waals surface area (Å²) in [5.41, 5.74) is 2.71. The maximum absolute atomic E-state index is 12.8. The van der Waals surface area contributed by atoms with Gasteiger partial charge in [0.1, 0.15) is 0 Å². The normalized spacial score (nSPS) is 26.1. The Kier molecular flexibility index (Phi) is 4.82. The van der Waals surface area contributed by atoms with Crippen molar-refractivity contribution in [1.82, 2.24) is 9.80 Å². The molecule has 6 heteroatoms. The van der Waals surface area contributed by atoms with Crippen molar-refractivity contribution in [2.24, 2.45) is 5.92 Å². The van der Waals surface area contributed by atoms with Crippen LogP contribution >= 0.6 is 11.8 Å². The van der Waals surface area contributed by atoms with Crippen LogP contribution in [0.1, 0.15) is 30.0 Å². The average molecular weight is 362 g/mol. The lowest BCUT2D eigenvalue weighted by Gasteiger charge is -2.43. The number of amides is 1. The Morgan fingerprint density at radius 1 is 1.16 bits per heavy atom. The molecule has 0 bridgehead atoms. The SMILES string of the molecule is COc1cc2c(cc1OC)C1CCC(C(=O)N3CCSC3)CN1CC2. The van der Waals surface area contributed by atoms with E-state index in [-0.39, 0.29) is 5.92 Å². The van der Waals surface area contributed by atoms with E-state index in [2.05, 4.69) is 17.0 Å². The van der Waals surface area contributed by atoms with Crippen LogP contribution in [0.5, 0.6) is 11.5 Å². The predicted octanol–water partition coefficient (Wildman–Crippen LogP) is 2.55. The third-order valence-electron chi connectivity index (χ3n) is 5.77. The molecule has 2 fully saturated rings. The first kappa shape index (κ1) is 17.0. The van der Waals surface area contributed by atoms with Crippen molar-refractivity contribution in [3.8, 4) is 11.5 Å². The van der Waals surface area contributed by atoms with Crippen LogP contribution in [-0.2, 0) is 11.2 Å². The molecule has 1 aromatic rings. The zero-order valence-electron chi connectivity index (χ0n) is 15.0. The predicted molar refractivity (Wildman–Crippen MR) is 99.3 cm³/mol. The number of methoxy groups -OCH3 is 2. The van der Waals surface area contributed by atoms with Gasteiger partial charge in [0.15, 0.2) is 11.5 Å². The van der Waals surface area contributed by atoms with Crippen LogP contribution in [0.3, 0.4) is 0 Å². The van der Waals surface area contributed by atoms with E-state index in [1.807, 2.05) is 16.7 Å². The van der Waals surface area contributed by atoms with Gasteiger partial charge in [0.2, 0.25) is 5.91 Å². The number of piperidine rings is 1. The minimum atomic E-state index is 0.164. The van der Waals surface area contributed by atoms with Gasteiger partial charge in [-0.2, -0.15) is 0 Å². The summed E-state index contributed by atoms with van der Waals surface area (Å²) in [6.07, 6.45) is 3.03. The molecular weight excluding hydrogens is 336 g/mol. The van der Waals surface area contributed by atoms with E-state index in [4.69, 9.17) is 9.47 Å². The largest absolute Gasteiger partial charge is 0.493 e. The van der Waals surface area contributed by atoms with Crippen LogP contribution in [0.15, 0.2) is 12.1 Å². The number of carbonyl (C=O) groups is 1. The number of ether oxygens (including phenoxy) is 2. The fraction of sp³-hybridized carbons (Fsp3) is 0.632. The fourth-order valence-corrected chi connectivity index (χ4v) is 5.37. The highest BCUT2D eigenvalue weighted by molar-refractivity contribution is 7.99. The van der Waals surface area contributed by atoms with Crippen LogP contribution in [0.4, 0.5) is 0 Å². The van der Waals surface area contributed by atoms with Crippen LogP contribution in [0.2, 0.25) is 0 Å². The molecule has 0 saturated carbocycles. The van der Waals surface area contributed by atoms with E-state index < -0.39 is 0 Å². The van der Waals surface area contributed by atoms with Crippen molar-refractivity contribution < 1.29 is 14.3 Å². The van der Waals surface area contributed by atoms with Crippen molar-refractivity contribution in [1.29, 1.82) is 0 Å². The summed E-state index contributed by atoms with van der Waals surface area (Å²) in [6, 6.07) is 4.68. The number of rotatable bonds is 3. The molecule has 0 aliphatic carbocycles. The summed E-state index contributed by atoms with van der Waals surface area (Å²) in [4.78, 5) is 17.3. The molecular formula is C19H26N2O3S. The standard InChI is InChI=1S/C19H26N2O3S/c1-23-17-9-13-5-6-20-11-14(19(22)21-7-8-25-12-21)3-4-16(20)15(13)10-18(17)24-2/h9-10,14,16H,3-8,11-12H2,1-2H3. The second-order valence-electron chi connectivity index (χ2n) is 7.08. The number of hydrogen-bond acceptors (Lipinski definition) is 5. The van der Waals surface area contributed by atoms with Crippen LogP contribution < -0.4 is 9.47 Å². The number of benzene rings is 1. The van der Waals surface area contributed by atoms with Crippen molar-refractivity contribution in [2.45, 2.75) is 25.3 Å². The molecule has 136 valence electrons. The van der Waals surface area contributed by atoms with Gasteiger partial charge >= 0.3 is 0 Å². The monoisotopic (exact) mass is 362 g/mol. The second-order valence-corrected chi connectivity index (χ2v) is 8.15. The Balaban J connectivity index is 1.53. The summed E-state index contributed by atoms with van der Waals surface area (Å²) in [7, 11) is 3.38. The molecule has 2 saturated heterocycles. The Bertz CT molecular complexity index is 660. The molecule has 3 aliphatic heterocycles. The van der Waals surface area contributed by atoms with E-state index in [1.165, 1.54) is 11.1 Å². The first-order chi connectivity index (χ1) is 12.2. The Hall–Kier alpha value is -1.40. The van der Waals surface area contributed by atoms with E-state index in [0.717, 1.165) is 62.0 Å². The summed E-state index contributed by atoms with van der Waals surface area (Å²) < 4.78 is 11.0. The van der Waals surface area contributed by atoms with E-state index in [1.54, 1.807) is 14.2 Å². The lowest BCUT2D eigenvalue weighted by molar-refractivity contribution is -0.136. The van der Waals surface area contributed by atoms with Gasteiger partial charge in [-0.15, -0.1) is 11.8 Å². The maximum atomic E-state index is 12.8. The van der Waals surface area contributed by atoms with Gasteiger partial charge in [0, 0.05) is 31.4 Å². The van der Waals surface area contributed by atoms with E-state index in [0.29, 0.717) is 11.9 Å². The second kappa shape index (κ2) is 7.08. The Morgan fingerprint density at radius 3 is 2.68 bits per heavy atom. The molecule has 0 aromatic heterocycles. The number of carbonyl (C=O) groups excluding carboxylic acids is 1. The number of nitrogens with zero attached hydrogens (tertiary/aromatic N) is 2. The number of thioether (sulfide) groups is 1. The molecule has 3 heterocycles. The number of fused-ring (bicyclic) bond motifs is 3. The van der Waals surface area contributed by atoms with Crippen molar-refractivity contribution in [3.63, 3.8) is 0 Å². The topological polar surface area (TPSA) is 42.0 Å². The quantitative estimate of drug-likeness (QED) is 0.827. The van der Waals surface area contributed by atoms with Gasteiger partial charge < -0.3 is 14.4 Å². The van der Waals surface area contributed by atoms with Gasteiger partial charge in [-0.3, -0.25) is 9.69 Å². The molecule has 0 spiro atoms. The number of hydrogen-bond donors (Lipinski definition) is 0. The first-order valence-corrected chi connectivity index (χ1v) is 10.2. The van der Waals surface area contributed by atoms with Gasteiger partial charge in [0.25, 0.3) is 0 Å². The van der Waals surface area contributed by atoms with Gasteiger partial charge in [-0.25, -0.2) is 0 Å². The Labute approximate surface area is 153 Å². The summed E-state index contributed by atoms with van der Waals surface area (Å²) in [5, 5.41) is 0. The molecule has 3 aliphatic rings. The third kappa shape index (κ3) is 3.10. The van der Waals surface area contributed by atoms with Gasteiger partial charge in [-0.05, 0) is 42.5 Å². The molecule has 1 amide bonds. The zero-order chi connectivity index (χ0) is 17.4. The van der Waals surface area contributed by atoms with Gasteiger partial charge in [-0.1, -0.05) is 0 Å². The molecule has 2 unspecified atom stereocenters. The molecule has 2 atom stereocenters. The average Bonchev–Trinajstić information content (AvgIpc) is 3.20. The van der Waals surface area contributed by atoms with Gasteiger partial charge in [0.05, 0.1) is 26.0 Å². The minimum absolute atomic E-state index is 0.164. The smallest absolute Gasteiger partial charge is 0.227 e. The van der Waals surface area contributed by atoms with Crippen LogP contribution in [0.25, 0.3) is 0 Å². The third-order valence-corrected chi connectivity index (χ3v) is 6.74. The molecule has 5 nitrogen and oxygen atoms in total. The fourth-order valence-electron chi connectivity index (χ4n) is 4.42. The van der Waals surface area contributed by atoms with E-state index >= 15 is 0 Å². The summed E-state index contributed by atoms with van der Waals surface area (Å²) in [6.45, 7) is 2.83. The maximum Gasteiger partial charge on any atom is 0.227 e. The molecule has 0 radical (unpaired) electrons. The van der Waals surface area contributed by atoms with Crippen molar-refractivity contribution in [2.75, 3.05) is 45.5 Å². The van der Waals surface area contributed by atoms with E-state index in [9.17, 15) is 4.79 Å². The minimum Gasteiger partial charge on any atom is -0.493 e. The van der Waals surface area contributed by atoms with Crippen molar-refractivity contribution in [3.05, 3.63) is 23.3 Å². The zero-order valence-corrected chi connectivity index (χ0v) is 15.8. The first-order valence-electron chi connectivity index (χ1n) is 9.06. The highest BCUT2D eigenvalue weighted by Crippen LogP contribution is 2.43. The summed E-state index contributed by atoms with van der Waals surface area (Å²) in [5.74, 6) is 4.09. The van der Waals surface area contributed by atoms with Crippen LogP contribution in [-0.4, -0.2) is 61.2 Å². The lowest BCUT2D eigenvalue weighted by atomic mass is 9.83. The van der Waals surface area contributed by atoms with Crippen LogP contribution in [0, 0.1) is 5.92 Å². The molecule has 0 N–H and O–H groups in total. The Morgan fingerprint density at radius 2 is 1.96 bits per heavy atom. The lowest BCUT2D eigenvalue weighted by Crippen LogP contribution is -2.47. The molecule has 25 heavy (non-hydrogen) atoms. The summed E-state index contributed by atoms with van der Waals surface area (Å²) >= 11 is 1.86.